The average Bonchev–Trinajstić information content (AvgIpc) is 2.71. The minimum Gasteiger partial charge on any atom is -0.399 e. The number of nitrogen functional groups attached to an aromatic ring is 1. The molecule has 2 heterocycles. The molecule has 2 aliphatic heterocycles. The van der Waals surface area contributed by atoms with E-state index in [1.807, 2.05) is 6.92 Å². The maximum atomic E-state index is 12.5. The van der Waals surface area contributed by atoms with Crippen LogP contribution in [0.25, 0.3) is 0 Å². The number of nitrogens with zero attached hydrogens (tertiary/aromatic N) is 2. The highest BCUT2D eigenvalue weighted by Gasteiger charge is 2.38. The first-order valence-electron chi connectivity index (χ1n) is 7.57. The van der Waals surface area contributed by atoms with Gasteiger partial charge < -0.3 is 10.6 Å². The van der Waals surface area contributed by atoms with Crippen LogP contribution < -0.4 is 5.73 Å². The molecule has 5 heteroatoms. The van der Waals surface area contributed by atoms with Crippen LogP contribution in [0.4, 0.5) is 5.69 Å². The minimum absolute atomic E-state index is 0.114. The second-order valence-corrected chi connectivity index (χ2v) is 6.00. The summed E-state index contributed by atoms with van der Waals surface area (Å²) in [6, 6.07) is 4.81. The molecule has 0 bridgehead atoms. The maximum absolute atomic E-state index is 12.5. The van der Waals surface area contributed by atoms with Gasteiger partial charge >= 0.3 is 0 Å². The fourth-order valence-electron chi connectivity index (χ4n) is 3.27. The van der Waals surface area contributed by atoms with Crippen molar-refractivity contribution < 1.29 is 9.59 Å². The third-order valence-corrected chi connectivity index (χ3v) is 4.35. The van der Waals surface area contributed by atoms with Gasteiger partial charge in [-0.15, -0.1) is 0 Å². The molecule has 112 valence electrons. The highest BCUT2D eigenvalue weighted by atomic mass is 16.2. The van der Waals surface area contributed by atoms with Gasteiger partial charge in [-0.1, -0.05) is 6.42 Å². The van der Waals surface area contributed by atoms with Gasteiger partial charge in [-0.05, 0) is 51.1 Å². The van der Waals surface area contributed by atoms with Gasteiger partial charge in [-0.3, -0.25) is 14.5 Å². The van der Waals surface area contributed by atoms with Crippen LogP contribution in [0.5, 0.6) is 0 Å². The zero-order valence-corrected chi connectivity index (χ0v) is 12.3. The van der Waals surface area contributed by atoms with Crippen molar-refractivity contribution in [3.05, 3.63) is 29.3 Å². The van der Waals surface area contributed by atoms with Gasteiger partial charge in [0.1, 0.15) is 0 Å². The lowest BCUT2D eigenvalue weighted by Gasteiger charge is -2.32. The number of hydrogen-bond acceptors (Lipinski definition) is 4. The summed E-state index contributed by atoms with van der Waals surface area (Å²) in [7, 11) is 0. The second-order valence-electron chi connectivity index (χ2n) is 6.00. The molecular formula is C16H21N3O2. The Morgan fingerprint density at radius 3 is 2.48 bits per heavy atom. The molecule has 1 atom stereocenters. The summed E-state index contributed by atoms with van der Waals surface area (Å²) < 4.78 is 0. The van der Waals surface area contributed by atoms with Crippen LogP contribution in [-0.2, 0) is 0 Å². The van der Waals surface area contributed by atoms with Crippen LogP contribution in [0, 0.1) is 0 Å². The van der Waals surface area contributed by atoms with E-state index in [1.165, 1.54) is 24.2 Å². The first kappa shape index (κ1) is 14.1. The van der Waals surface area contributed by atoms with Crippen LogP contribution >= 0.6 is 0 Å². The number of rotatable bonds is 3. The molecule has 0 radical (unpaired) electrons. The fraction of sp³-hybridized carbons (Fsp3) is 0.500. The Bertz CT molecular complexity index is 579. The zero-order chi connectivity index (χ0) is 15.0. The van der Waals surface area contributed by atoms with Crippen LogP contribution in [-0.4, -0.2) is 47.3 Å². The van der Waals surface area contributed by atoms with E-state index in [1.54, 1.807) is 18.2 Å². The number of likely N-dealkylation sites (tertiary alicyclic amines) is 1. The zero-order valence-electron chi connectivity index (χ0n) is 12.3. The third-order valence-electron chi connectivity index (χ3n) is 4.35. The summed E-state index contributed by atoms with van der Waals surface area (Å²) in [6.45, 7) is 4.81. The van der Waals surface area contributed by atoms with Crippen molar-refractivity contribution in [2.45, 2.75) is 32.2 Å². The smallest absolute Gasteiger partial charge is 0.261 e. The molecule has 2 N–H and O–H groups in total. The monoisotopic (exact) mass is 287 g/mol. The molecule has 0 aliphatic carbocycles. The number of hydrogen-bond donors (Lipinski definition) is 1. The van der Waals surface area contributed by atoms with Gasteiger partial charge in [0, 0.05) is 12.2 Å². The number of carbonyl (C=O) groups excluding carboxylic acids is 2. The van der Waals surface area contributed by atoms with Crippen LogP contribution in [0.1, 0.15) is 46.9 Å². The van der Waals surface area contributed by atoms with Gasteiger partial charge in [0.05, 0.1) is 17.2 Å². The number of piperidine rings is 1. The molecule has 1 aromatic rings. The Labute approximate surface area is 124 Å². The molecule has 0 saturated carbocycles. The van der Waals surface area contributed by atoms with E-state index in [-0.39, 0.29) is 17.9 Å². The standard InChI is InChI=1S/C16H21N3O2/c1-11(10-18-7-3-2-4-8-18)19-15(20)13-6-5-12(17)9-14(13)16(19)21/h5-6,9,11H,2-4,7-8,10,17H2,1H3. The highest BCUT2D eigenvalue weighted by molar-refractivity contribution is 6.21. The van der Waals surface area contributed by atoms with Crippen molar-refractivity contribution in [3.63, 3.8) is 0 Å². The number of imide groups is 1. The molecule has 0 spiro atoms. The van der Waals surface area contributed by atoms with E-state index >= 15 is 0 Å². The summed E-state index contributed by atoms with van der Waals surface area (Å²) in [4.78, 5) is 28.6. The summed E-state index contributed by atoms with van der Waals surface area (Å²) in [6.07, 6.45) is 3.67. The summed E-state index contributed by atoms with van der Waals surface area (Å²) in [5.41, 5.74) is 7.14. The van der Waals surface area contributed by atoms with Crippen molar-refractivity contribution >= 4 is 17.5 Å². The van der Waals surface area contributed by atoms with Gasteiger partial charge in [0.25, 0.3) is 11.8 Å². The number of fused-ring (bicyclic) bond motifs is 1. The minimum atomic E-state index is -0.216. The van der Waals surface area contributed by atoms with E-state index < -0.39 is 0 Å². The highest BCUT2D eigenvalue weighted by Crippen LogP contribution is 2.27. The van der Waals surface area contributed by atoms with E-state index in [0.717, 1.165) is 19.6 Å². The van der Waals surface area contributed by atoms with Gasteiger partial charge in [0.15, 0.2) is 0 Å². The molecule has 5 nitrogen and oxygen atoms in total. The van der Waals surface area contributed by atoms with E-state index in [2.05, 4.69) is 4.90 Å². The lowest BCUT2D eigenvalue weighted by Crippen LogP contribution is -2.46. The van der Waals surface area contributed by atoms with E-state index in [9.17, 15) is 9.59 Å². The number of anilines is 1. The summed E-state index contributed by atoms with van der Waals surface area (Å²) >= 11 is 0. The van der Waals surface area contributed by atoms with Crippen LogP contribution in [0.15, 0.2) is 18.2 Å². The Morgan fingerprint density at radius 1 is 1.10 bits per heavy atom. The largest absolute Gasteiger partial charge is 0.399 e. The summed E-state index contributed by atoms with van der Waals surface area (Å²) in [5, 5.41) is 0. The molecule has 2 aliphatic rings. The normalized spacial score (nSPS) is 20.7. The summed E-state index contributed by atoms with van der Waals surface area (Å²) in [5.74, 6) is -0.411. The first-order chi connectivity index (χ1) is 10.1. The molecule has 21 heavy (non-hydrogen) atoms. The fourth-order valence-corrected chi connectivity index (χ4v) is 3.27. The predicted molar refractivity (Wildman–Crippen MR) is 81.1 cm³/mol. The first-order valence-corrected chi connectivity index (χ1v) is 7.57. The average molecular weight is 287 g/mol. The predicted octanol–water partition coefficient (Wildman–Crippen LogP) is 1.74. The molecule has 3 rings (SSSR count). The molecule has 1 fully saturated rings. The SMILES string of the molecule is CC(CN1CCCCC1)N1C(=O)c2ccc(N)cc2C1=O. The number of benzene rings is 1. The quantitative estimate of drug-likeness (QED) is 0.679. The Morgan fingerprint density at radius 2 is 1.76 bits per heavy atom. The van der Waals surface area contributed by atoms with E-state index in [4.69, 9.17) is 5.73 Å². The maximum Gasteiger partial charge on any atom is 0.261 e. The second kappa shape index (κ2) is 5.48. The van der Waals surface area contributed by atoms with Crippen LogP contribution in [0.2, 0.25) is 0 Å². The molecule has 0 aromatic heterocycles. The molecular weight excluding hydrogens is 266 g/mol. The van der Waals surface area contributed by atoms with Crippen molar-refractivity contribution in [2.75, 3.05) is 25.4 Å². The van der Waals surface area contributed by atoms with E-state index in [0.29, 0.717) is 16.8 Å². The number of amides is 2. The van der Waals surface area contributed by atoms with Gasteiger partial charge in [-0.25, -0.2) is 0 Å². The Hall–Kier alpha value is -1.88. The van der Waals surface area contributed by atoms with Crippen LogP contribution in [0.3, 0.4) is 0 Å². The van der Waals surface area contributed by atoms with Crippen molar-refractivity contribution in [3.8, 4) is 0 Å². The van der Waals surface area contributed by atoms with Crippen molar-refractivity contribution in [2.24, 2.45) is 0 Å². The third kappa shape index (κ3) is 2.53. The van der Waals surface area contributed by atoms with Gasteiger partial charge in [-0.2, -0.15) is 0 Å². The van der Waals surface area contributed by atoms with Gasteiger partial charge in [0.2, 0.25) is 0 Å². The number of nitrogens with two attached hydrogens (primary N) is 1. The molecule has 2 amide bonds. The Balaban J connectivity index is 1.77. The molecule has 1 aromatic carbocycles. The van der Waals surface area contributed by atoms with Crippen molar-refractivity contribution in [1.82, 2.24) is 9.80 Å². The lowest BCUT2D eigenvalue weighted by molar-refractivity contribution is 0.0551. The number of carbonyl (C=O) groups is 2. The molecule has 1 unspecified atom stereocenters. The van der Waals surface area contributed by atoms with Crippen molar-refractivity contribution in [1.29, 1.82) is 0 Å². The Kier molecular flexibility index (Phi) is 3.68. The molecule has 1 saturated heterocycles. The topological polar surface area (TPSA) is 66.6 Å². The lowest BCUT2D eigenvalue weighted by atomic mass is 10.1.